The van der Waals surface area contributed by atoms with Crippen molar-refractivity contribution in [1.29, 1.82) is 0 Å². The molecule has 1 aliphatic rings. The number of nitrogens with one attached hydrogen (secondary N) is 1. The molecular formula is C20H23NO3S. The highest BCUT2D eigenvalue weighted by atomic mass is 32.2. The maximum atomic E-state index is 12.5. The van der Waals surface area contributed by atoms with E-state index in [1.807, 2.05) is 18.2 Å². The summed E-state index contributed by atoms with van der Waals surface area (Å²) in [7, 11) is -3.60. The second-order valence-electron chi connectivity index (χ2n) is 6.63. The highest BCUT2D eigenvalue weighted by Crippen LogP contribution is 2.44. The molecule has 2 aromatic carbocycles. The van der Waals surface area contributed by atoms with E-state index in [1.165, 1.54) is 37.5 Å². The molecule has 4 nitrogen and oxygen atoms in total. The Morgan fingerprint density at radius 2 is 1.84 bits per heavy atom. The zero-order chi connectivity index (χ0) is 17.9. The van der Waals surface area contributed by atoms with Crippen LogP contribution in [0.15, 0.2) is 59.5 Å². The van der Waals surface area contributed by atoms with Gasteiger partial charge < -0.3 is 0 Å². The fourth-order valence-electron chi connectivity index (χ4n) is 3.19. The third kappa shape index (κ3) is 4.55. The van der Waals surface area contributed by atoms with Crippen LogP contribution in [0.1, 0.15) is 48.0 Å². The molecule has 0 bridgehead atoms. The van der Waals surface area contributed by atoms with Crippen LogP contribution >= 0.6 is 0 Å². The molecule has 2 aromatic rings. The first-order valence-electron chi connectivity index (χ1n) is 8.63. The minimum Gasteiger partial charge on any atom is -0.295 e. The predicted molar refractivity (Wildman–Crippen MR) is 98.2 cm³/mol. The summed E-state index contributed by atoms with van der Waals surface area (Å²) in [5.74, 6) is 0.912. The lowest BCUT2D eigenvalue weighted by Gasteiger charge is -2.17. The Balaban J connectivity index is 1.66. The number of carbonyl (C=O) groups excluding carboxylic acids is 1. The van der Waals surface area contributed by atoms with Crippen molar-refractivity contribution in [2.45, 2.75) is 37.0 Å². The van der Waals surface area contributed by atoms with E-state index in [-0.39, 0.29) is 10.7 Å². The molecule has 1 saturated carbocycles. The number of benzene rings is 2. The first kappa shape index (κ1) is 17.8. The van der Waals surface area contributed by atoms with Crippen LogP contribution in [0.25, 0.3) is 0 Å². The van der Waals surface area contributed by atoms with Crippen LogP contribution in [0.2, 0.25) is 0 Å². The molecule has 1 unspecified atom stereocenters. The average Bonchev–Trinajstić information content (AvgIpc) is 3.44. The largest absolute Gasteiger partial charge is 0.295 e. The minimum atomic E-state index is -3.60. The SMILES string of the molecule is CC(=O)c1cccc(S(=O)(=O)NCCC(c2ccccc2)C2CC2)c1. The van der Waals surface area contributed by atoms with Gasteiger partial charge in [0.2, 0.25) is 10.0 Å². The summed E-state index contributed by atoms with van der Waals surface area (Å²) in [4.78, 5) is 11.6. The van der Waals surface area contributed by atoms with E-state index < -0.39 is 10.0 Å². The third-order valence-electron chi connectivity index (χ3n) is 4.72. The zero-order valence-electron chi connectivity index (χ0n) is 14.3. The quantitative estimate of drug-likeness (QED) is 0.732. The Kier molecular flexibility index (Phi) is 5.35. The monoisotopic (exact) mass is 357 g/mol. The Hall–Kier alpha value is -1.98. The molecule has 1 fully saturated rings. The van der Waals surface area contributed by atoms with Crippen molar-refractivity contribution in [3.05, 3.63) is 65.7 Å². The molecule has 0 aromatic heterocycles. The van der Waals surface area contributed by atoms with Crippen molar-refractivity contribution >= 4 is 15.8 Å². The summed E-state index contributed by atoms with van der Waals surface area (Å²) in [5, 5.41) is 0. The van der Waals surface area contributed by atoms with E-state index in [2.05, 4.69) is 16.9 Å². The fourth-order valence-corrected chi connectivity index (χ4v) is 4.28. The Bertz CT molecular complexity index is 842. The summed E-state index contributed by atoms with van der Waals surface area (Å²) in [6.07, 6.45) is 3.21. The lowest BCUT2D eigenvalue weighted by atomic mass is 9.91. The highest BCUT2D eigenvalue weighted by Gasteiger charge is 2.32. The Labute approximate surface area is 149 Å². The van der Waals surface area contributed by atoms with Crippen molar-refractivity contribution in [3.63, 3.8) is 0 Å². The zero-order valence-corrected chi connectivity index (χ0v) is 15.1. The van der Waals surface area contributed by atoms with Crippen LogP contribution in [0.4, 0.5) is 0 Å². The number of ketones is 1. The molecular weight excluding hydrogens is 334 g/mol. The van der Waals surface area contributed by atoms with Crippen molar-refractivity contribution < 1.29 is 13.2 Å². The van der Waals surface area contributed by atoms with Gasteiger partial charge in [0.25, 0.3) is 0 Å². The summed E-state index contributed by atoms with van der Waals surface area (Å²) < 4.78 is 27.7. The van der Waals surface area contributed by atoms with Gasteiger partial charge in [-0.1, -0.05) is 42.5 Å². The molecule has 1 aliphatic carbocycles. The Morgan fingerprint density at radius 3 is 2.48 bits per heavy atom. The van der Waals surface area contributed by atoms with Crippen LogP contribution in [0.3, 0.4) is 0 Å². The standard InChI is InChI=1S/C20H23NO3S/c1-15(22)18-8-5-9-19(14-18)25(23,24)21-13-12-20(17-10-11-17)16-6-3-2-4-7-16/h2-9,14,17,20-21H,10-13H2,1H3. The molecule has 3 rings (SSSR count). The third-order valence-corrected chi connectivity index (χ3v) is 6.18. The maximum Gasteiger partial charge on any atom is 0.240 e. The van der Waals surface area contributed by atoms with E-state index >= 15 is 0 Å². The molecule has 0 amide bonds. The lowest BCUT2D eigenvalue weighted by Crippen LogP contribution is -2.26. The number of sulfonamides is 1. The van der Waals surface area contributed by atoms with Crippen LogP contribution in [0, 0.1) is 5.92 Å². The fraction of sp³-hybridized carbons (Fsp3) is 0.350. The van der Waals surface area contributed by atoms with Crippen LogP contribution in [-0.4, -0.2) is 20.7 Å². The number of rotatable bonds is 8. The molecule has 0 saturated heterocycles. The van der Waals surface area contributed by atoms with Crippen LogP contribution in [-0.2, 0) is 10.0 Å². The van der Waals surface area contributed by atoms with Gasteiger partial charge in [-0.25, -0.2) is 13.1 Å². The molecule has 25 heavy (non-hydrogen) atoms. The van der Waals surface area contributed by atoms with Gasteiger partial charge in [0.05, 0.1) is 4.90 Å². The van der Waals surface area contributed by atoms with Gasteiger partial charge in [-0.05, 0) is 55.7 Å². The highest BCUT2D eigenvalue weighted by molar-refractivity contribution is 7.89. The number of carbonyl (C=O) groups is 1. The van der Waals surface area contributed by atoms with Crippen molar-refractivity contribution in [3.8, 4) is 0 Å². The van der Waals surface area contributed by atoms with Crippen molar-refractivity contribution in [2.75, 3.05) is 6.54 Å². The van der Waals surface area contributed by atoms with E-state index in [0.717, 1.165) is 6.42 Å². The van der Waals surface area contributed by atoms with Crippen molar-refractivity contribution in [2.24, 2.45) is 5.92 Å². The Morgan fingerprint density at radius 1 is 1.12 bits per heavy atom. The van der Waals surface area contributed by atoms with Crippen LogP contribution in [0.5, 0.6) is 0 Å². The van der Waals surface area contributed by atoms with Gasteiger partial charge >= 0.3 is 0 Å². The predicted octanol–water partition coefficient (Wildman–Crippen LogP) is 3.75. The summed E-state index contributed by atoms with van der Waals surface area (Å²) in [6, 6.07) is 16.5. The van der Waals surface area contributed by atoms with Gasteiger partial charge in [-0.15, -0.1) is 0 Å². The van der Waals surface area contributed by atoms with Gasteiger partial charge in [0.15, 0.2) is 5.78 Å². The topological polar surface area (TPSA) is 63.2 Å². The second-order valence-corrected chi connectivity index (χ2v) is 8.39. The number of hydrogen-bond acceptors (Lipinski definition) is 3. The van der Waals surface area contributed by atoms with Gasteiger partial charge in [-0.2, -0.15) is 0 Å². The summed E-state index contributed by atoms with van der Waals surface area (Å²) >= 11 is 0. The van der Waals surface area contributed by atoms with Crippen molar-refractivity contribution in [1.82, 2.24) is 4.72 Å². The van der Waals surface area contributed by atoms with Gasteiger partial charge in [0, 0.05) is 12.1 Å². The first-order chi connectivity index (χ1) is 12.0. The molecule has 132 valence electrons. The molecule has 0 spiro atoms. The molecule has 5 heteroatoms. The molecule has 0 heterocycles. The van der Waals surface area contributed by atoms with E-state index in [9.17, 15) is 13.2 Å². The smallest absolute Gasteiger partial charge is 0.240 e. The molecule has 0 aliphatic heterocycles. The number of Topliss-reactive ketones (excluding diaryl/α,β-unsaturated/α-hetero) is 1. The van der Waals surface area contributed by atoms with E-state index in [0.29, 0.717) is 23.9 Å². The normalized spacial score (nSPS) is 15.7. The molecule has 1 N–H and O–H groups in total. The average molecular weight is 357 g/mol. The lowest BCUT2D eigenvalue weighted by molar-refractivity contribution is 0.101. The van der Waals surface area contributed by atoms with Crippen LogP contribution < -0.4 is 4.72 Å². The first-order valence-corrected chi connectivity index (χ1v) is 10.1. The molecule has 0 radical (unpaired) electrons. The number of hydrogen-bond donors (Lipinski definition) is 1. The minimum absolute atomic E-state index is 0.142. The molecule has 1 atom stereocenters. The summed E-state index contributed by atoms with van der Waals surface area (Å²) in [6.45, 7) is 1.82. The van der Waals surface area contributed by atoms with Gasteiger partial charge in [-0.3, -0.25) is 4.79 Å². The second kappa shape index (κ2) is 7.50. The van der Waals surface area contributed by atoms with Gasteiger partial charge in [0.1, 0.15) is 0 Å². The van der Waals surface area contributed by atoms with E-state index in [4.69, 9.17) is 0 Å². The summed E-state index contributed by atoms with van der Waals surface area (Å²) in [5.41, 5.74) is 1.69. The maximum absolute atomic E-state index is 12.5. The van der Waals surface area contributed by atoms with E-state index in [1.54, 1.807) is 12.1 Å².